The molecule has 0 amide bonds. The minimum absolute atomic E-state index is 0.617. The van der Waals surface area contributed by atoms with E-state index in [9.17, 15) is 0 Å². The molecule has 4 heteroatoms. The van der Waals surface area contributed by atoms with Gasteiger partial charge in [0, 0.05) is 27.3 Å². The van der Waals surface area contributed by atoms with Crippen molar-refractivity contribution in [2.24, 2.45) is 0 Å². The third-order valence-corrected chi connectivity index (χ3v) is 10.3. The molecule has 0 N–H and O–H groups in total. The monoisotopic (exact) mass is 664 g/mol. The van der Waals surface area contributed by atoms with E-state index in [2.05, 4.69) is 140 Å². The lowest BCUT2D eigenvalue weighted by molar-refractivity contribution is 0.667. The molecule has 11 rings (SSSR count). The number of aromatic nitrogens is 2. The minimum atomic E-state index is 0.617. The van der Waals surface area contributed by atoms with E-state index in [1.807, 2.05) is 30.3 Å². The molecule has 0 unspecified atom stereocenters. The molecule has 242 valence electrons. The fraction of sp³-hybridized carbons (Fsp3) is 0. The Morgan fingerprint density at radius 3 is 1.63 bits per heavy atom. The zero-order valence-corrected chi connectivity index (χ0v) is 27.9. The third-order valence-electron chi connectivity index (χ3n) is 10.3. The minimum Gasteiger partial charge on any atom is -0.456 e. The largest absolute Gasteiger partial charge is 0.456 e. The average molecular weight is 665 g/mol. The fourth-order valence-electron chi connectivity index (χ4n) is 7.66. The zero-order chi connectivity index (χ0) is 34.2. The van der Waals surface area contributed by atoms with Gasteiger partial charge in [-0.25, -0.2) is 9.97 Å². The van der Waals surface area contributed by atoms with E-state index in [1.165, 1.54) is 27.1 Å². The number of fused-ring (bicyclic) bond motifs is 8. The molecule has 0 atom stereocenters. The molecule has 0 spiro atoms. The molecule has 11 aromatic rings. The number of para-hydroxylation sites is 2. The lowest BCUT2D eigenvalue weighted by atomic mass is 9.96. The van der Waals surface area contributed by atoms with Crippen molar-refractivity contribution in [3.8, 4) is 44.9 Å². The van der Waals surface area contributed by atoms with E-state index in [0.717, 1.165) is 71.9 Å². The Morgan fingerprint density at radius 1 is 0.365 bits per heavy atom. The molecule has 0 bridgehead atoms. The van der Waals surface area contributed by atoms with Gasteiger partial charge in [-0.3, -0.25) is 0 Å². The average Bonchev–Trinajstić information content (AvgIpc) is 3.78. The maximum Gasteiger partial charge on any atom is 0.180 e. The highest BCUT2D eigenvalue weighted by molar-refractivity contribution is 6.14. The molecule has 4 nitrogen and oxygen atoms in total. The number of furan rings is 2. The smallest absolute Gasteiger partial charge is 0.180 e. The standard InChI is InChI=1S/C48H28N2O2/c1-3-11-33-25-35(23-19-29(33)9-1)31-17-21-32(22-18-31)45-47-46(39-14-6-8-16-42(39)52-47)50-48(49-45)40-27-37(36-24-20-30-10-2-4-12-34(30)26-36)28-43-44(40)38-13-5-7-15-41(38)51-43/h1-28H. The van der Waals surface area contributed by atoms with Crippen LogP contribution in [-0.2, 0) is 0 Å². The molecule has 0 aliphatic rings. The van der Waals surface area contributed by atoms with Gasteiger partial charge in [0.2, 0.25) is 0 Å². The van der Waals surface area contributed by atoms with Crippen molar-refractivity contribution in [1.29, 1.82) is 0 Å². The predicted octanol–water partition coefficient (Wildman–Crippen LogP) is 13.2. The lowest BCUT2D eigenvalue weighted by Crippen LogP contribution is -1.95. The van der Waals surface area contributed by atoms with Crippen LogP contribution in [0.5, 0.6) is 0 Å². The van der Waals surface area contributed by atoms with Gasteiger partial charge >= 0.3 is 0 Å². The second-order valence-corrected chi connectivity index (χ2v) is 13.4. The van der Waals surface area contributed by atoms with Crippen molar-refractivity contribution < 1.29 is 8.83 Å². The number of hydrogen-bond donors (Lipinski definition) is 0. The van der Waals surface area contributed by atoms with E-state index >= 15 is 0 Å². The SMILES string of the molecule is c1ccc2cc(-c3ccc(-c4nc(-c5cc(-c6ccc7ccccc7c6)cc6oc7ccccc7c56)nc5c4oc4ccccc45)cc3)ccc2c1. The van der Waals surface area contributed by atoms with Crippen LogP contribution < -0.4 is 0 Å². The van der Waals surface area contributed by atoms with E-state index < -0.39 is 0 Å². The van der Waals surface area contributed by atoms with Gasteiger partial charge in [-0.2, -0.15) is 0 Å². The lowest BCUT2D eigenvalue weighted by Gasteiger charge is -2.11. The van der Waals surface area contributed by atoms with E-state index in [1.54, 1.807) is 0 Å². The van der Waals surface area contributed by atoms with Gasteiger partial charge in [-0.05, 0) is 86.3 Å². The summed E-state index contributed by atoms with van der Waals surface area (Å²) in [5, 5.41) is 7.81. The molecule has 0 saturated heterocycles. The maximum atomic E-state index is 6.53. The van der Waals surface area contributed by atoms with E-state index in [0.29, 0.717) is 11.4 Å². The Balaban J connectivity index is 1.15. The van der Waals surface area contributed by atoms with E-state index in [-0.39, 0.29) is 0 Å². The number of hydrogen-bond acceptors (Lipinski definition) is 4. The molecule has 0 radical (unpaired) electrons. The van der Waals surface area contributed by atoms with Crippen molar-refractivity contribution in [3.63, 3.8) is 0 Å². The molecule has 8 aromatic carbocycles. The Bertz CT molecular complexity index is 3190. The van der Waals surface area contributed by atoms with Crippen LogP contribution in [0.4, 0.5) is 0 Å². The molecule has 0 aliphatic carbocycles. The van der Waals surface area contributed by atoms with Gasteiger partial charge in [-0.1, -0.05) is 127 Å². The van der Waals surface area contributed by atoms with Crippen molar-refractivity contribution in [3.05, 3.63) is 170 Å². The second kappa shape index (κ2) is 11.2. The van der Waals surface area contributed by atoms with Gasteiger partial charge in [0.25, 0.3) is 0 Å². The summed E-state index contributed by atoms with van der Waals surface area (Å²) in [6, 6.07) is 59.3. The number of nitrogens with zero attached hydrogens (tertiary/aromatic N) is 2. The van der Waals surface area contributed by atoms with Crippen molar-refractivity contribution >= 4 is 65.6 Å². The van der Waals surface area contributed by atoms with Gasteiger partial charge < -0.3 is 8.83 Å². The highest BCUT2D eigenvalue weighted by Crippen LogP contribution is 2.42. The molecule has 3 heterocycles. The topological polar surface area (TPSA) is 52.1 Å². The highest BCUT2D eigenvalue weighted by Gasteiger charge is 2.22. The van der Waals surface area contributed by atoms with Crippen LogP contribution in [0.3, 0.4) is 0 Å². The van der Waals surface area contributed by atoms with Crippen LogP contribution in [0, 0.1) is 0 Å². The van der Waals surface area contributed by atoms with Gasteiger partial charge in [0.1, 0.15) is 28.0 Å². The third kappa shape index (κ3) is 4.55. The summed E-state index contributed by atoms with van der Waals surface area (Å²) in [5.41, 5.74) is 10.9. The van der Waals surface area contributed by atoms with Crippen molar-refractivity contribution in [1.82, 2.24) is 9.97 Å². The summed E-state index contributed by atoms with van der Waals surface area (Å²) in [5.74, 6) is 0.617. The first-order valence-electron chi connectivity index (χ1n) is 17.5. The Labute approximate surface area is 298 Å². The fourth-order valence-corrected chi connectivity index (χ4v) is 7.66. The Hall–Kier alpha value is -7.04. The normalized spacial score (nSPS) is 11.8. The first kappa shape index (κ1) is 28.8. The van der Waals surface area contributed by atoms with Crippen LogP contribution in [-0.4, -0.2) is 9.97 Å². The summed E-state index contributed by atoms with van der Waals surface area (Å²) in [7, 11) is 0. The molecule has 0 aliphatic heterocycles. The molecule has 0 fully saturated rings. The van der Waals surface area contributed by atoms with Gasteiger partial charge in [0.15, 0.2) is 11.4 Å². The highest BCUT2D eigenvalue weighted by atomic mass is 16.3. The number of rotatable bonds is 4. The van der Waals surface area contributed by atoms with Crippen LogP contribution in [0.2, 0.25) is 0 Å². The molecule has 3 aromatic heterocycles. The first-order valence-corrected chi connectivity index (χ1v) is 17.5. The Morgan fingerprint density at radius 2 is 0.923 bits per heavy atom. The molecular weight excluding hydrogens is 637 g/mol. The quantitative estimate of drug-likeness (QED) is 0.188. The zero-order valence-electron chi connectivity index (χ0n) is 27.9. The maximum absolute atomic E-state index is 6.53. The van der Waals surface area contributed by atoms with Crippen LogP contribution in [0.1, 0.15) is 0 Å². The van der Waals surface area contributed by atoms with Crippen LogP contribution in [0.15, 0.2) is 179 Å². The van der Waals surface area contributed by atoms with Gasteiger partial charge in [-0.15, -0.1) is 0 Å². The van der Waals surface area contributed by atoms with Crippen molar-refractivity contribution in [2.75, 3.05) is 0 Å². The summed E-state index contributed by atoms with van der Waals surface area (Å²) in [4.78, 5) is 10.6. The van der Waals surface area contributed by atoms with Gasteiger partial charge in [0.05, 0.1) is 0 Å². The summed E-state index contributed by atoms with van der Waals surface area (Å²) in [6.45, 7) is 0. The van der Waals surface area contributed by atoms with Crippen LogP contribution >= 0.6 is 0 Å². The molecule has 52 heavy (non-hydrogen) atoms. The molecular formula is C48H28N2O2. The van der Waals surface area contributed by atoms with E-state index in [4.69, 9.17) is 18.8 Å². The number of benzene rings is 8. The summed E-state index contributed by atoms with van der Waals surface area (Å²) in [6.07, 6.45) is 0. The summed E-state index contributed by atoms with van der Waals surface area (Å²) >= 11 is 0. The van der Waals surface area contributed by atoms with Crippen molar-refractivity contribution in [2.45, 2.75) is 0 Å². The predicted molar refractivity (Wildman–Crippen MR) is 213 cm³/mol. The molecule has 0 saturated carbocycles. The summed E-state index contributed by atoms with van der Waals surface area (Å²) < 4.78 is 13.1. The first-order chi connectivity index (χ1) is 25.7. The Kier molecular flexibility index (Phi) is 6.22. The second-order valence-electron chi connectivity index (χ2n) is 13.4. The van der Waals surface area contributed by atoms with Crippen LogP contribution in [0.25, 0.3) is 110 Å².